The van der Waals surface area contributed by atoms with Gasteiger partial charge in [-0.05, 0) is 29.7 Å². The number of ether oxygens (including phenoxy) is 1. The molecule has 1 aromatic heterocycles. The van der Waals surface area contributed by atoms with Crippen molar-refractivity contribution in [3.8, 4) is 17.6 Å². The quantitative estimate of drug-likeness (QED) is 0.723. The number of nitrogens with two attached hydrogens (primary N) is 1. The Balaban J connectivity index is 2.01. The van der Waals surface area contributed by atoms with E-state index in [-0.39, 0.29) is 17.7 Å². The third-order valence-corrected chi connectivity index (χ3v) is 4.08. The minimum atomic E-state index is -0.385. The van der Waals surface area contributed by atoms with Crippen LogP contribution >= 0.6 is 0 Å². The lowest BCUT2D eigenvalue weighted by Crippen LogP contribution is -2.24. The summed E-state index contributed by atoms with van der Waals surface area (Å²) in [5.74, 6) is 0.616. The van der Waals surface area contributed by atoms with Crippen LogP contribution in [0.2, 0.25) is 0 Å². The van der Waals surface area contributed by atoms with Crippen molar-refractivity contribution in [2.45, 2.75) is 6.04 Å². The molecule has 0 fully saturated rings. The number of allylic oxidation sites excluding steroid dienone is 1. The van der Waals surface area contributed by atoms with E-state index in [2.05, 4.69) is 6.07 Å². The number of rotatable bonds is 1. The van der Waals surface area contributed by atoms with Crippen LogP contribution in [0.5, 0.6) is 11.5 Å². The lowest BCUT2D eigenvalue weighted by molar-refractivity contribution is 0.377. The number of nitrogens with zero attached hydrogens (tertiary/aromatic N) is 2. The van der Waals surface area contributed by atoms with Gasteiger partial charge in [-0.2, -0.15) is 5.26 Å². The summed E-state index contributed by atoms with van der Waals surface area (Å²) in [6, 6.07) is 16.6. The summed E-state index contributed by atoms with van der Waals surface area (Å²) in [4.78, 5) is 0. The molecule has 0 saturated carbocycles. The molecule has 0 spiro atoms. The summed E-state index contributed by atoms with van der Waals surface area (Å²) >= 11 is 0. The maximum absolute atomic E-state index is 9.68. The Morgan fingerprint density at radius 2 is 2.00 bits per heavy atom. The molecule has 2 heterocycles. The molecule has 0 amide bonds. The van der Waals surface area contributed by atoms with Crippen LogP contribution in [-0.4, -0.2) is 9.67 Å². The number of fused-ring (bicyclic) bond motifs is 2. The Hall–Kier alpha value is -3.39. The minimum absolute atomic E-state index is 0.0633. The van der Waals surface area contributed by atoms with Crippen molar-refractivity contribution >= 4 is 10.9 Å². The smallest absolute Gasteiger partial charge is 0.207 e. The van der Waals surface area contributed by atoms with Gasteiger partial charge in [-0.15, -0.1) is 0 Å². The van der Waals surface area contributed by atoms with Crippen LogP contribution in [0.4, 0.5) is 0 Å². The molecule has 2 aromatic carbocycles. The van der Waals surface area contributed by atoms with E-state index in [9.17, 15) is 10.4 Å². The highest BCUT2D eigenvalue weighted by molar-refractivity contribution is 5.80. The summed E-state index contributed by atoms with van der Waals surface area (Å²) in [5, 5.41) is 20.3. The lowest BCUT2D eigenvalue weighted by Gasteiger charge is -2.27. The highest BCUT2D eigenvalue weighted by Gasteiger charge is 2.31. The maximum Gasteiger partial charge on any atom is 0.207 e. The van der Waals surface area contributed by atoms with E-state index in [1.165, 1.54) is 6.07 Å². The first kappa shape index (κ1) is 13.3. The average molecular weight is 303 g/mol. The number of phenolic OH excluding ortho intramolecular Hbond substituents is 1. The van der Waals surface area contributed by atoms with Crippen molar-refractivity contribution in [1.29, 1.82) is 5.26 Å². The monoisotopic (exact) mass is 303 g/mol. The maximum atomic E-state index is 9.68. The van der Waals surface area contributed by atoms with Gasteiger partial charge in [0.05, 0.1) is 0 Å². The summed E-state index contributed by atoms with van der Waals surface area (Å²) in [6.45, 7) is 0. The molecule has 1 unspecified atom stereocenters. The number of phenols is 1. The molecule has 1 aliphatic heterocycles. The van der Waals surface area contributed by atoms with E-state index in [1.807, 2.05) is 41.1 Å². The Bertz CT molecular complexity index is 995. The van der Waals surface area contributed by atoms with Crippen LogP contribution in [-0.2, 0) is 0 Å². The molecule has 23 heavy (non-hydrogen) atoms. The van der Waals surface area contributed by atoms with Gasteiger partial charge in [-0.3, -0.25) is 0 Å². The van der Waals surface area contributed by atoms with Crippen LogP contribution in [0.1, 0.15) is 11.6 Å². The van der Waals surface area contributed by atoms with Crippen LogP contribution in [0.3, 0.4) is 0 Å². The molecule has 0 bridgehead atoms. The second-order valence-electron chi connectivity index (χ2n) is 5.40. The van der Waals surface area contributed by atoms with Gasteiger partial charge in [0, 0.05) is 23.3 Å². The number of aromatic hydroxyl groups is 1. The first-order valence-electron chi connectivity index (χ1n) is 7.15. The molecule has 1 atom stereocenters. The molecule has 1 aliphatic rings. The summed E-state index contributed by atoms with van der Waals surface area (Å²) < 4.78 is 7.52. The van der Waals surface area contributed by atoms with Gasteiger partial charge in [0.1, 0.15) is 29.2 Å². The van der Waals surface area contributed by atoms with Crippen molar-refractivity contribution in [2.24, 2.45) is 5.73 Å². The molecular formula is C18H13N3O2. The first-order valence-corrected chi connectivity index (χ1v) is 7.15. The average Bonchev–Trinajstić information content (AvgIpc) is 2.97. The molecule has 0 radical (unpaired) electrons. The second kappa shape index (κ2) is 4.82. The topological polar surface area (TPSA) is 84.2 Å². The van der Waals surface area contributed by atoms with Crippen molar-refractivity contribution < 1.29 is 9.84 Å². The number of benzene rings is 2. The lowest BCUT2D eigenvalue weighted by atomic mass is 9.96. The summed E-state index contributed by atoms with van der Waals surface area (Å²) in [5.41, 5.74) is 8.07. The molecule has 5 nitrogen and oxygen atoms in total. The van der Waals surface area contributed by atoms with Gasteiger partial charge in [-0.1, -0.05) is 18.2 Å². The highest BCUT2D eigenvalue weighted by atomic mass is 16.5. The molecule has 3 N–H and O–H groups in total. The van der Waals surface area contributed by atoms with E-state index in [4.69, 9.17) is 10.5 Å². The molecule has 0 aliphatic carbocycles. The number of aromatic nitrogens is 1. The zero-order valence-corrected chi connectivity index (χ0v) is 12.1. The van der Waals surface area contributed by atoms with Crippen molar-refractivity contribution in [1.82, 2.24) is 4.57 Å². The zero-order chi connectivity index (χ0) is 16.0. The number of nitriles is 1. The third-order valence-electron chi connectivity index (χ3n) is 4.08. The van der Waals surface area contributed by atoms with Gasteiger partial charge in [0.15, 0.2) is 0 Å². The van der Waals surface area contributed by atoms with Gasteiger partial charge in [0.25, 0.3) is 0 Å². The van der Waals surface area contributed by atoms with Crippen LogP contribution in [0.25, 0.3) is 10.9 Å². The van der Waals surface area contributed by atoms with Crippen molar-refractivity contribution in [2.75, 3.05) is 0 Å². The van der Waals surface area contributed by atoms with Crippen LogP contribution in [0, 0.1) is 11.3 Å². The Kier molecular flexibility index (Phi) is 2.78. The predicted octanol–water partition coefficient (Wildman–Crippen LogP) is 3.02. The van der Waals surface area contributed by atoms with E-state index in [0.717, 1.165) is 16.5 Å². The van der Waals surface area contributed by atoms with Gasteiger partial charge in [-0.25, -0.2) is 0 Å². The van der Waals surface area contributed by atoms with Gasteiger partial charge < -0.3 is 20.1 Å². The zero-order valence-electron chi connectivity index (χ0n) is 12.1. The Morgan fingerprint density at radius 1 is 1.17 bits per heavy atom. The molecule has 0 saturated heterocycles. The molecule has 4 rings (SSSR count). The van der Waals surface area contributed by atoms with Gasteiger partial charge >= 0.3 is 0 Å². The number of hydrogen-bond donors (Lipinski definition) is 2. The Morgan fingerprint density at radius 3 is 2.83 bits per heavy atom. The fraction of sp³-hybridized carbons (Fsp3) is 0.0556. The van der Waals surface area contributed by atoms with E-state index < -0.39 is 0 Å². The highest BCUT2D eigenvalue weighted by Crippen LogP contribution is 2.41. The first-order chi connectivity index (χ1) is 11.2. The second-order valence-corrected chi connectivity index (χ2v) is 5.40. The number of hydrogen-bond acceptors (Lipinski definition) is 4. The predicted molar refractivity (Wildman–Crippen MR) is 85.6 cm³/mol. The van der Waals surface area contributed by atoms with Crippen molar-refractivity contribution in [3.63, 3.8) is 0 Å². The summed E-state index contributed by atoms with van der Waals surface area (Å²) in [7, 11) is 0. The SMILES string of the molecule is N#CC1=C(N)Oc2cc(O)ccc2C1n1ccc2ccccc21. The van der Waals surface area contributed by atoms with E-state index in [0.29, 0.717) is 11.3 Å². The van der Waals surface area contributed by atoms with E-state index >= 15 is 0 Å². The molecule has 5 heteroatoms. The fourth-order valence-corrected chi connectivity index (χ4v) is 3.04. The van der Waals surface area contributed by atoms with E-state index in [1.54, 1.807) is 12.1 Å². The Labute approximate surface area is 132 Å². The minimum Gasteiger partial charge on any atom is -0.508 e. The fourth-order valence-electron chi connectivity index (χ4n) is 3.04. The largest absolute Gasteiger partial charge is 0.508 e. The van der Waals surface area contributed by atoms with Crippen molar-refractivity contribution in [3.05, 3.63) is 71.7 Å². The number of para-hydroxylation sites is 1. The molecule has 112 valence electrons. The van der Waals surface area contributed by atoms with Crippen LogP contribution < -0.4 is 10.5 Å². The van der Waals surface area contributed by atoms with Crippen LogP contribution in [0.15, 0.2) is 66.2 Å². The molecule has 3 aromatic rings. The third kappa shape index (κ3) is 1.93. The summed E-state index contributed by atoms with van der Waals surface area (Å²) in [6.07, 6.45) is 1.93. The standard InChI is InChI=1S/C18H13N3O2/c19-10-14-17(21-8-7-11-3-1-2-4-15(11)21)13-6-5-12(22)9-16(13)23-18(14)20/h1-9,17,22H,20H2. The molecular weight excluding hydrogens is 290 g/mol. The van der Waals surface area contributed by atoms with Gasteiger partial charge in [0.2, 0.25) is 5.88 Å². The normalized spacial score (nSPS) is 16.7.